The first kappa shape index (κ1) is 38.3. The number of imide groups is 1. The highest BCUT2D eigenvalue weighted by molar-refractivity contribution is 7.62. The van der Waals surface area contributed by atoms with Gasteiger partial charge < -0.3 is 23.2 Å². The molecule has 1 fully saturated rings. The monoisotopic (exact) mass is 681 g/mol. The van der Waals surface area contributed by atoms with Crippen LogP contribution >= 0.6 is 7.37 Å². The van der Waals surface area contributed by atoms with E-state index in [4.69, 9.17) is 23.2 Å². The zero-order valence-corrected chi connectivity index (χ0v) is 30.4. The topological polar surface area (TPSA) is 158 Å². The summed E-state index contributed by atoms with van der Waals surface area (Å²) in [7, 11) is -3.61. The molecule has 14 heteroatoms. The minimum absolute atomic E-state index is 0.0429. The average molecular weight is 682 g/mol. The van der Waals surface area contributed by atoms with E-state index in [0.29, 0.717) is 30.6 Å². The number of nitrogens with zero attached hydrogens (tertiary/aromatic N) is 2. The zero-order chi connectivity index (χ0) is 35.4. The molecule has 1 aliphatic heterocycles. The Morgan fingerprint density at radius 3 is 2.11 bits per heavy atom. The number of aromatic amines is 1. The second-order valence-electron chi connectivity index (χ2n) is 15.0. The first-order valence-electron chi connectivity index (χ1n) is 16.1. The third kappa shape index (κ3) is 10.4. The minimum atomic E-state index is -3.61. The molecule has 1 aromatic carbocycles. The van der Waals surface area contributed by atoms with Crippen LogP contribution in [0.3, 0.4) is 0 Å². The fraction of sp³-hybridized carbons (Fsp3) is 0.697. The van der Waals surface area contributed by atoms with Gasteiger partial charge in [-0.15, -0.1) is 0 Å². The Hall–Kier alpha value is -3.15. The first-order chi connectivity index (χ1) is 21.6. The van der Waals surface area contributed by atoms with Gasteiger partial charge in [-0.3, -0.25) is 19.2 Å². The van der Waals surface area contributed by atoms with Gasteiger partial charge in [0.15, 0.2) is 10.7 Å². The molecular weight excluding hydrogens is 629 g/mol. The van der Waals surface area contributed by atoms with Crippen molar-refractivity contribution in [1.29, 1.82) is 0 Å². The Balaban J connectivity index is 1.90. The van der Waals surface area contributed by atoms with Crippen molar-refractivity contribution in [2.45, 2.75) is 117 Å². The van der Waals surface area contributed by atoms with Crippen molar-refractivity contribution >= 4 is 36.6 Å². The molecule has 1 saturated heterocycles. The summed E-state index contributed by atoms with van der Waals surface area (Å²) >= 11 is 0. The van der Waals surface area contributed by atoms with Crippen LogP contribution in [-0.4, -0.2) is 87.3 Å². The lowest BCUT2D eigenvalue weighted by atomic mass is 9.98. The largest absolute Gasteiger partial charge is 0.459 e. The molecule has 3 rings (SSSR count). The summed E-state index contributed by atoms with van der Waals surface area (Å²) in [4.78, 5) is 57.5. The maximum Gasteiger partial charge on any atom is 0.419 e. The molecular formula is C33H52N3O10P. The summed E-state index contributed by atoms with van der Waals surface area (Å²) < 4.78 is 42.7. The van der Waals surface area contributed by atoms with Crippen molar-refractivity contribution in [2.75, 3.05) is 32.4 Å². The van der Waals surface area contributed by atoms with Crippen molar-refractivity contribution < 1.29 is 42.1 Å². The van der Waals surface area contributed by atoms with E-state index >= 15 is 0 Å². The lowest BCUT2D eigenvalue weighted by Gasteiger charge is -2.46. The number of carbonyl (C=O) groups excluding carboxylic acids is 3. The van der Waals surface area contributed by atoms with Crippen LogP contribution in [0.5, 0.6) is 0 Å². The molecule has 2 heterocycles. The van der Waals surface area contributed by atoms with Crippen molar-refractivity contribution in [3.63, 3.8) is 0 Å². The van der Waals surface area contributed by atoms with Gasteiger partial charge >= 0.3 is 23.9 Å². The predicted molar refractivity (Wildman–Crippen MR) is 178 cm³/mol. The number of unbranched alkanes of at least 4 members (excludes halogenated alkanes) is 1. The van der Waals surface area contributed by atoms with Crippen LogP contribution in [0.25, 0.3) is 11.1 Å². The molecule has 1 N–H and O–H groups in total. The van der Waals surface area contributed by atoms with Crippen LogP contribution in [0, 0.1) is 0 Å². The summed E-state index contributed by atoms with van der Waals surface area (Å²) in [6, 6.07) is 5.38. The number of nitrogens with one attached hydrogen (secondary N) is 1. The minimum Gasteiger partial charge on any atom is -0.459 e. The van der Waals surface area contributed by atoms with E-state index in [1.54, 1.807) is 81.4 Å². The van der Waals surface area contributed by atoms with Crippen LogP contribution in [0.2, 0.25) is 0 Å². The molecule has 47 heavy (non-hydrogen) atoms. The van der Waals surface area contributed by atoms with Crippen molar-refractivity contribution in [2.24, 2.45) is 0 Å². The van der Waals surface area contributed by atoms with E-state index in [-0.39, 0.29) is 38.7 Å². The molecule has 2 atom stereocenters. The molecule has 2 amide bonds. The number of esters is 1. The molecule has 0 aliphatic carbocycles. The highest BCUT2D eigenvalue weighted by Gasteiger charge is 2.59. The van der Waals surface area contributed by atoms with Gasteiger partial charge in [-0.1, -0.05) is 6.07 Å². The standard InChI is InChI=1S/C33H52N3O10P/c1-11-42-47(41)19-18-35(21-23-14-15-24-25(20-23)43-27(38)34-24)22-33(47,26(37)44-30(2,3)4)16-12-13-17-36(28(39)45-31(5,6)7)29(40)46-32(8,9)10/h14-15,20H,11-13,16-19,21-22H2,1-10H3,(H,34,38). The number of aromatic nitrogens is 1. The van der Waals surface area contributed by atoms with Crippen LogP contribution in [-0.2, 0) is 34.6 Å². The number of carbonyl (C=O) groups is 3. The molecule has 1 aliphatic rings. The Morgan fingerprint density at radius 1 is 0.957 bits per heavy atom. The third-order valence-corrected chi connectivity index (χ3v) is 10.6. The van der Waals surface area contributed by atoms with Gasteiger partial charge in [-0.25, -0.2) is 19.3 Å². The van der Waals surface area contributed by atoms with Gasteiger partial charge in [-0.05, 0) is 106 Å². The molecule has 1 aromatic heterocycles. The summed E-state index contributed by atoms with van der Waals surface area (Å²) in [5.74, 6) is -1.16. The van der Waals surface area contributed by atoms with Crippen LogP contribution < -0.4 is 5.76 Å². The third-order valence-electron chi connectivity index (χ3n) is 7.31. The van der Waals surface area contributed by atoms with Crippen molar-refractivity contribution in [1.82, 2.24) is 14.8 Å². The number of benzene rings is 1. The predicted octanol–water partition coefficient (Wildman–Crippen LogP) is 6.67. The molecule has 2 aromatic rings. The Kier molecular flexibility index (Phi) is 11.8. The van der Waals surface area contributed by atoms with Gasteiger partial charge in [0.05, 0.1) is 12.1 Å². The molecule has 264 valence electrons. The highest BCUT2D eigenvalue weighted by atomic mass is 31.2. The molecule has 0 spiro atoms. The van der Waals surface area contributed by atoms with Gasteiger partial charge in [-0.2, -0.15) is 0 Å². The Morgan fingerprint density at radius 2 is 1.55 bits per heavy atom. The zero-order valence-electron chi connectivity index (χ0n) is 29.5. The Bertz CT molecular complexity index is 1500. The van der Waals surface area contributed by atoms with Crippen LogP contribution in [0.1, 0.15) is 94.1 Å². The molecule has 13 nitrogen and oxygen atoms in total. The molecule has 0 saturated carbocycles. The summed E-state index contributed by atoms with van der Waals surface area (Å²) in [6.07, 6.45) is -0.841. The van der Waals surface area contributed by atoms with E-state index in [2.05, 4.69) is 4.98 Å². The number of fused-ring (bicyclic) bond motifs is 1. The van der Waals surface area contributed by atoms with Gasteiger partial charge in [0.2, 0.25) is 7.37 Å². The number of oxazole rings is 1. The van der Waals surface area contributed by atoms with Gasteiger partial charge in [0, 0.05) is 32.3 Å². The fourth-order valence-corrected chi connectivity index (χ4v) is 8.43. The second-order valence-corrected chi connectivity index (χ2v) is 17.9. The quantitative estimate of drug-likeness (QED) is 0.124. The average Bonchev–Trinajstić information content (AvgIpc) is 3.26. The molecule has 0 radical (unpaired) electrons. The van der Waals surface area contributed by atoms with E-state index in [0.717, 1.165) is 10.5 Å². The normalized spacial score (nSPS) is 21.0. The number of ether oxygens (including phenoxy) is 3. The fourth-order valence-electron chi connectivity index (χ4n) is 5.43. The van der Waals surface area contributed by atoms with Gasteiger partial charge in [0.25, 0.3) is 0 Å². The smallest absolute Gasteiger partial charge is 0.419 e. The van der Waals surface area contributed by atoms with E-state index in [9.17, 15) is 23.7 Å². The van der Waals surface area contributed by atoms with Crippen LogP contribution in [0.15, 0.2) is 27.4 Å². The van der Waals surface area contributed by atoms with Crippen molar-refractivity contribution in [3.8, 4) is 0 Å². The lowest BCUT2D eigenvalue weighted by molar-refractivity contribution is -0.160. The highest BCUT2D eigenvalue weighted by Crippen LogP contribution is 2.64. The molecule has 2 unspecified atom stereocenters. The second kappa shape index (κ2) is 14.5. The summed E-state index contributed by atoms with van der Waals surface area (Å²) in [5, 5.41) is -1.51. The van der Waals surface area contributed by atoms with E-state index in [1.165, 1.54) is 0 Å². The molecule has 0 bridgehead atoms. The first-order valence-corrected chi connectivity index (χ1v) is 17.9. The maximum absolute atomic E-state index is 14.7. The SMILES string of the molecule is CCOP1(=O)CCN(Cc2ccc3[nH]c(=O)oc3c2)CC1(CCCCN(C(=O)OC(C)(C)C)C(=O)OC(C)(C)C)C(=O)OC(C)(C)C. The Labute approximate surface area is 277 Å². The number of hydrogen-bond donors (Lipinski definition) is 1. The summed E-state index contributed by atoms with van der Waals surface area (Å²) in [5.41, 5.74) is -0.701. The lowest BCUT2D eigenvalue weighted by Crippen LogP contribution is -2.56. The number of amides is 2. The number of rotatable bonds is 10. The van der Waals surface area contributed by atoms with Gasteiger partial charge in [0.1, 0.15) is 16.8 Å². The van der Waals surface area contributed by atoms with Crippen molar-refractivity contribution in [3.05, 3.63) is 34.3 Å². The maximum atomic E-state index is 14.7. The summed E-state index contributed by atoms with van der Waals surface area (Å²) in [6.45, 7) is 18.2. The van der Waals surface area contributed by atoms with E-state index < -0.39 is 53.2 Å². The number of hydrogen-bond acceptors (Lipinski definition) is 11. The van der Waals surface area contributed by atoms with E-state index in [1.807, 2.05) is 11.0 Å². The van der Waals surface area contributed by atoms with Crippen LogP contribution in [0.4, 0.5) is 9.59 Å². The number of H-pyrrole nitrogens is 1.